The summed E-state index contributed by atoms with van der Waals surface area (Å²) in [6, 6.07) is 9.21. The summed E-state index contributed by atoms with van der Waals surface area (Å²) in [5, 5.41) is 19.4. The highest BCUT2D eigenvalue weighted by atomic mass is 32.2. The molecular formula is C21H24N2O5S2. The van der Waals surface area contributed by atoms with Crippen LogP contribution in [-0.2, 0) is 4.74 Å². The molecule has 2 fully saturated rings. The summed E-state index contributed by atoms with van der Waals surface area (Å²) < 4.78 is 5.13. The number of hydrogen-bond acceptors (Lipinski definition) is 7. The zero-order valence-electron chi connectivity index (χ0n) is 16.6. The highest BCUT2D eigenvalue weighted by molar-refractivity contribution is 8.04. The minimum absolute atomic E-state index is 0.0701. The van der Waals surface area contributed by atoms with Gasteiger partial charge in [-0.3, -0.25) is 14.6 Å². The maximum atomic E-state index is 12.5. The number of carbonyl (C=O) groups excluding carboxylic acids is 1. The maximum Gasteiger partial charge on any atom is 0.512 e. The van der Waals surface area contributed by atoms with E-state index in [1.54, 1.807) is 4.90 Å². The Morgan fingerprint density at radius 3 is 2.73 bits per heavy atom. The molecule has 0 aromatic heterocycles. The first kappa shape index (κ1) is 21.3. The van der Waals surface area contributed by atoms with Crippen LogP contribution < -0.4 is 0 Å². The van der Waals surface area contributed by atoms with Crippen molar-refractivity contribution < 1.29 is 24.5 Å². The molecular weight excluding hydrogens is 424 g/mol. The van der Waals surface area contributed by atoms with Crippen molar-refractivity contribution in [2.45, 2.75) is 31.2 Å². The average molecular weight is 449 g/mol. The molecule has 3 aliphatic rings. The number of hydrogen-bond donors (Lipinski definition) is 2. The van der Waals surface area contributed by atoms with Crippen LogP contribution in [0.5, 0.6) is 0 Å². The molecule has 0 bridgehead atoms. The number of aliphatic hydroxyl groups excluding tert-OH is 1. The SMILES string of the molecule is CC[C@H](O)[C@H]1C(=S)N2C(OC(=O)O)=C(C3CCN(CC(=O)c4ccccc4)C3)S[C@H]12. The van der Waals surface area contributed by atoms with Gasteiger partial charge in [-0.15, -0.1) is 0 Å². The van der Waals surface area contributed by atoms with E-state index in [1.165, 1.54) is 11.8 Å². The van der Waals surface area contributed by atoms with Gasteiger partial charge < -0.3 is 14.9 Å². The lowest BCUT2D eigenvalue weighted by Crippen LogP contribution is -2.59. The number of fused-ring (bicyclic) bond motifs is 1. The number of likely N-dealkylation sites (tertiary alicyclic amines) is 1. The second-order valence-electron chi connectivity index (χ2n) is 7.77. The minimum Gasteiger partial charge on any atom is -0.449 e. The molecule has 4 rings (SSSR count). The first-order chi connectivity index (χ1) is 14.4. The predicted molar refractivity (Wildman–Crippen MR) is 117 cm³/mol. The third kappa shape index (κ3) is 3.87. The molecule has 1 aromatic rings. The number of thiocarbonyl (C=S) groups is 1. The van der Waals surface area contributed by atoms with Crippen LogP contribution in [0.25, 0.3) is 0 Å². The van der Waals surface area contributed by atoms with Crippen LogP contribution in [0.4, 0.5) is 4.79 Å². The number of Topliss-reactive ketones (excluding diaryl/α,β-unsaturated/α-hetero) is 1. The second-order valence-corrected chi connectivity index (χ2v) is 9.34. The van der Waals surface area contributed by atoms with Gasteiger partial charge >= 0.3 is 6.16 Å². The Morgan fingerprint density at radius 2 is 2.07 bits per heavy atom. The van der Waals surface area contributed by atoms with Crippen LogP contribution in [0, 0.1) is 11.8 Å². The van der Waals surface area contributed by atoms with E-state index in [9.17, 15) is 19.8 Å². The van der Waals surface area contributed by atoms with Crippen LogP contribution in [0.1, 0.15) is 30.1 Å². The zero-order valence-corrected chi connectivity index (χ0v) is 18.2. The molecule has 0 radical (unpaired) electrons. The van der Waals surface area contributed by atoms with Crippen LogP contribution >= 0.6 is 24.0 Å². The summed E-state index contributed by atoms with van der Waals surface area (Å²) in [7, 11) is 0. The Labute approximate surface area is 184 Å². The maximum absolute atomic E-state index is 12.5. The molecule has 7 nitrogen and oxygen atoms in total. The van der Waals surface area contributed by atoms with Gasteiger partial charge in [-0.05, 0) is 19.4 Å². The summed E-state index contributed by atoms with van der Waals surface area (Å²) in [6.07, 6.45) is -0.537. The number of carboxylic acid groups (broad SMARTS) is 1. The van der Waals surface area contributed by atoms with E-state index in [2.05, 4.69) is 4.90 Å². The van der Waals surface area contributed by atoms with Gasteiger partial charge in [-0.2, -0.15) is 0 Å². The number of benzene rings is 1. The molecule has 2 N–H and O–H groups in total. The van der Waals surface area contributed by atoms with E-state index in [-0.39, 0.29) is 28.9 Å². The van der Waals surface area contributed by atoms with E-state index in [0.29, 0.717) is 30.1 Å². The predicted octanol–water partition coefficient (Wildman–Crippen LogP) is 3.16. The fourth-order valence-corrected chi connectivity index (χ4v) is 6.59. The van der Waals surface area contributed by atoms with Crippen molar-refractivity contribution in [2.75, 3.05) is 19.6 Å². The van der Waals surface area contributed by atoms with Crippen molar-refractivity contribution in [1.82, 2.24) is 9.80 Å². The quantitative estimate of drug-likeness (QED) is 0.371. The van der Waals surface area contributed by atoms with Crippen molar-refractivity contribution in [3.63, 3.8) is 0 Å². The monoisotopic (exact) mass is 448 g/mol. The van der Waals surface area contributed by atoms with Crippen molar-refractivity contribution >= 4 is 40.9 Å². The summed E-state index contributed by atoms with van der Waals surface area (Å²) in [4.78, 5) is 29.0. The molecule has 1 unspecified atom stereocenters. The lowest BCUT2D eigenvalue weighted by atomic mass is 9.91. The number of rotatable bonds is 7. The van der Waals surface area contributed by atoms with Gasteiger partial charge in [0.1, 0.15) is 0 Å². The lowest BCUT2D eigenvalue weighted by molar-refractivity contribution is 0.0571. The van der Waals surface area contributed by atoms with Crippen molar-refractivity contribution in [3.8, 4) is 0 Å². The number of thioether (sulfide) groups is 1. The Balaban J connectivity index is 1.47. The average Bonchev–Trinajstić information content (AvgIpc) is 3.30. The Bertz CT molecular complexity index is 891. The standard InChI is InChI=1S/C21H24N2O5S2/c1-2-14(24)16-19(29)23-18(28-21(26)27)17(30-20(16)23)13-8-9-22(10-13)11-15(25)12-6-4-3-5-7-12/h3-7,13-14,16,20,24H,2,8-11H2,1H3,(H,26,27)/t13?,14-,16-,20+/m0/s1. The third-order valence-corrected chi connectivity index (χ3v) is 7.86. The van der Waals surface area contributed by atoms with Gasteiger partial charge in [0.25, 0.3) is 0 Å². The number of ether oxygens (including phenoxy) is 1. The summed E-state index contributed by atoms with van der Waals surface area (Å²) in [5.41, 5.74) is 0.691. The van der Waals surface area contributed by atoms with Crippen molar-refractivity contribution in [1.29, 1.82) is 0 Å². The van der Waals surface area contributed by atoms with Crippen molar-refractivity contribution in [2.24, 2.45) is 11.8 Å². The fourth-order valence-electron chi connectivity index (χ4n) is 4.30. The van der Waals surface area contributed by atoms with E-state index in [1.807, 2.05) is 37.3 Å². The van der Waals surface area contributed by atoms with E-state index in [4.69, 9.17) is 17.0 Å². The van der Waals surface area contributed by atoms with Crippen LogP contribution in [0.15, 0.2) is 41.1 Å². The molecule has 160 valence electrons. The molecule has 30 heavy (non-hydrogen) atoms. The zero-order chi connectivity index (χ0) is 21.4. The van der Waals surface area contributed by atoms with Crippen molar-refractivity contribution in [3.05, 3.63) is 46.7 Å². The fraction of sp³-hybridized carbons (Fsp3) is 0.476. The highest BCUT2D eigenvalue weighted by Gasteiger charge is 2.56. The summed E-state index contributed by atoms with van der Waals surface area (Å²) in [5.74, 6) is 0.239. The largest absolute Gasteiger partial charge is 0.512 e. The second kappa shape index (κ2) is 8.66. The van der Waals surface area contributed by atoms with Gasteiger partial charge in [0, 0.05) is 18.0 Å². The molecule has 0 saturated carbocycles. The smallest absolute Gasteiger partial charge is 0.449 e. The third-order valence-electron chi connectivity index (χ3n) is 5.88. The van der Waals surface area contributed by atoms with Gasteiger partial charge in [0.15, 0.2) is 5.78 Å². The van der Waals surface area contributed by atoms with Gasteiger partial charge in [0.2, 0.25) is 5.88 Å². The molecule has 1 aromatic carbocycles. The van der Waals surface area contributed by atoms with E-state index in [0.717, 1.165) is 17.9 Å². The number of ketones is 1. The topological polar surface area (TPSA) is 90.3 Å². The van der Waals surface area contributed by atoms with Gasteiger partial charge in [-0.1, -0.05) is 61.2 Å². The Morgan fingerprint density at radius 1 is 1.33 bits per heavy atom. The van der Waals surface area contributed by atoms with Crippen LogP contribution in [-0.4, -0.2) is 68.1 Å². The lowest BCUT2D eigenvalue weighted by Gasteiger charge is -2.46. The first-order valence-corrected chi connectivity index (χ1v) is 11.3. The summed E-state index contributed by atoms with van der Waals surface area (Å²) >= 11 is 7.01. The highest BCUT2D eigenvalue weighted by Crippen LogP contribution is 2.54. The van der Waals surface area contributed by atoms with E-state index < -0.39 is 12.3 Å². The number of nitrogens with zero attached hydrogens (tertiary/aromatic N) is 2. The Hall–Kier alpha value is -1.94. The molecule has 9 heteroatoms. The number of carbonyl (C=O) groups is 2. The first-order valence-electron chi connectivity index (χ1n) is 10.0. The molecule has 0 amide bonds. The Kier molecular flexibility index (Phi) is 6.15. The molecule has 3 aliphatic heterocycles. The molecule has 2 saturated heterocycles. The van der Waals surface area contributed by atoms with E-state index >= 15 is 0 Å². The number of aliphatic hydroxyl groups is 1. The molecule has 4 atom stereocenters. The van der Waals surface area contributed by atoms with Crippen LogP contribution in [0.3, 0.4) is 0 Å². The van der Waals surface area contributed by atoms with Gasteiger partial charge in [-0.25, -0.2) is 4.79 Å². The molecule has 3 heterocycles. The molecule has 0 aliphatic carbocycles. The summed E-state index contributed by atoms with van der Waals surface area (Å²) in [6.45, 7) is 3.64. The van der Waals surface area contributed by atoms with Gasteiger partial charge in [0.05, 0.1) is 33.8 Å². The normalized spacial score (nSPS) is 27.1. The minimum atomic E-state index is -1.37. The molecule has 0 spiro atoms. The van der Waals surface area contributed by atoms with Crippen LogP contribution in [0.2, 0.25) is 0 Å².